The standard InChI is InChI=1S/C6H11NO3.C5H10O2/c1-3-5(7-4-8)6(9)10-2;1-5(2,3)7-4-6/h4-5H,3H2,1-2H3,(H,7,8);4H,1-3H3. The molecule has 0 aromatic heterocycles. The molecule has 1 unspecified atom stereocenters. The van der Waals surface area contributed by atoms with Crippen LogP contribution in [0.4, 0.5) is 0 Å². The topological polar surface area (TPSA) is 81.7 Å². The maximum atomic E-state index is 10.7. The lowest BCUT2D eigenvalue weighted by Crippen LogP contribution is -2.35. The van der Waals surface area contributed by atoms with Crippen LogP contribution >= 0.6 is 0 Å². The third-order valence-corrected chi connectivity index (χ3v) is 1.56. The summed E-state index contributed by atoms with van der Waals surface area (Å²) < 4.78 is 8.94. The lowest BCUT2D eigenvalue weighted by Gasteiger charge is -2.14. The van der Waals surface area contributed by atoms with Gasteiger partial charge in [-0.25, -0.2) is 4.79 Å². The summed E-state index contributed by atoms with van der Waals surface area (Å²) in [6.45, 7) is 7.71. The Bertz CT molecular complexity index is 235. The molecule has 0 aromatic rings. The Balaban J connectivity index is 0. The van der Waals surface area contributed by atoms with Gasteiger partial charge in [-0.05, 0) is 27.2 Å². The highest BCUT2D eigenvalue weighted by molar-refractivity contribution is 5.77. The monoisotopic (exact) mass is 247 g/mol. The number of carbonyl (C=O) groups excluding carboxylic acids is 3. The summed E-state index contributed by atoms with van der Waals surface area (Å²) in [7, 11) is 1.29. The van der Waals surface area contributed by atoms with Gasteiger partial charge in [-0.1, -0.05) is 6.92 Å². The van der Waals surface area contributed by atoms with Gasteiger partial charge in [0.1, 0.15) is 11.6 Å². The molecular formula is C11H21NO5. The van der Waals surface area contributed by atoms with Crippen LogP contribution in [0.1, 0.15) is 34.1 Å². The van der Waals surface area contributed by atoms with E-state index >= 15 is 0 Å². The first-order chi connectivity index (χ1) is 7.82. The van der Waals surface area contributed by atoms with Crippen LogP contribution in [0.25, 0.3) is 0 Å². The summed E-state index contributed by atoms with van der Waals surface area (Å²) in [5, 5.41) is 2.33. The molecule has 0 fully saturated rings. The van der Waals surface area contributed by atoms with Crippen LogP contribution in [0.5, 0.6) is 0 Å². The number of carbonyl (C=O) groups is 3. The average molecular weight is 247 g/mol. The third-order valence-electron chi connectivity index (χ3n) is 1.56. The van der Waals surface area contributed by atoms with Gasteiger partial charge in [0.25, 0.3) is 6.47 Å². The largest absolute Gasteiger partial charge is 0.467 e. The van der Waals surface area contributed by atoms with E-state index in [4.69, 9.17) is 0 Å². The Morgan fingerprint density at radius 3 is 2.06 bits per heavy atom. The highest BCUT2D eigenvalue weighted by Gasteiger charge is 2.14. The molecule has 0 radical (unpaired) electrons. The minimum Gasteiger partial charge on any atom is -0.467 e. The van der Waals surface area contributed by atoms with Gasteiger partial charge in [0.2, 0.25) is 6.41 Å². The first-order valence-electron chi connectivity index (χ1n) is 5.21. The van der Waals surface area contributed by atoms with E-state index < -0.39 is 12.0 Å². The Morgan fingerprint density at radius 1 is 1.35 bits per heavy atom. The second-order valence-electron chi connectivity index (χ2n) is 4.09. The van der Waals surface area contributed by atoms with Crippen molar-refractivity contribution in [3.8, 4) is 0 Å². The summed E-state index contributed by atoms with van der Waals surface area (Å²) in [6.07, 6.45) is 1.04. The molecule has 0 heterocycles. The van der Waals surface area contributed by atoms with Crippen LogP contribution < -0.4 is 5.32 Å². The zero-order valence-corrected chi connectivity index (χ0v) is 11.0. The number of rotatable bonds is 5. The molecule has 0 bridgehead atoms. The van der Waals surface area contributed by atoms with E-state index in [2.05, 4.69) is 14.8 Å². The molecule has 0 aliphatic rings. The molecule has 0 saturated carbocycles. The zero-order valence-electron chi connectivity index (χ0n) is 11.0. The Hall–Kier alpha value is -1.59. The third kappa shape index (κ3) is 12.3. The highest BCUT2D eigenvalue weighted by atomic mass is 16.5. The molecule has 100 valence electrons. The second-order valence-corrected chi connectivity index (χ2v) is 4.09. The molecule has 17 heavy (non-hydrogen) atoms. The van der Waals surface area contributed by atoms with Gasteiger partial charge < -0.3 is 14.8 Å². The van der Waals surface area contributed by atoms with E-state index in [-0.39, 0.29) is 5.60 Å². The summed E-state index contributed by atoms with van der Waals surface area (Å²) >= 11 is 0. The zero-order chi connectivity index (χ0) is 13.9. The Labute approximate surface area is 102 Å². The van der Waals surface area contributed by atoms with Gasteiger partial charge in [-0.15, -0.1) is 0 Å². The Kier molecular flexibility index (Phi) is 10.1. The van der Waals surface area contributed by atoms with Crippen LogP contribution in [0.2, 0.25) is 0 Å². The summed E-state index contributed by atoms with van der Waals surface area (Å²) in [4.78, 5) is 30.2. The maximum Gasteiger partial charge on any atom is 0.328 e. The molecular weight excluding hydrogens is 226 g/mol. The number of hydrogen-bond donors (Lipinski definition) is 1. The highest BCUT2D eigenvalue weighted by Crippen LogP contribution is 2.02. The molecule has 0 aliphatic heterocycles. The molecule has 0 aliphatic carbocycles. The normalized spacial score (nSPS) is 11.4. The average Bonchev–Trinajstić information content (AvgIpc) is 2.24. The Morgan fingerprint density at radius 2 is 1.88 bits per heavy atom. The van der Waals surface area contributed by atoms with Gasteiger partial charge in [-0.2, -0.15) is 0 Å². The van der Waals surface area contributed by atoms with Crippen LogP contribution in [0.3, 0.4) is 0 Å². The van der Waals surface area contributed by atoms with Gasteiger partial charge in [-0.3, -0.25) is 9.59 Å². The summed E-state index contributed by atoms with van der Waals surface area (Å²) in [6, 6.07) is -0.498. The molecule has 1 N–H and O–H groups in total. The number of esters is 1. The van der Waals surface area contributed by atoms with Crippen molar-refractivity contribution in [3.05, 3.63) is 0 Å². The summed E-state index contributed by atoms with van der Waals surface area (Å²) in [5.41, 5.74) is -0.318. The predicted molar refractivity (Wildman–Crippen MR) is 62.2 cm³/mol. The van der Waals surface area contributed by atoms with E-state index in [0.29, 0.717) is 19.3 Å². The number of hydrogen-bond acceptors (Lipinski definition) is 5. The maximum absolute atomic E-state index is 10.7. The minimum atomic E-state index is -0.498. The van der Waals surface area contributed by atoms with Crippen LogP contribution in [-0.4, -0.2) is 37.6 Å². The molecule has 1 atom stereocenters. The number of nitrogens with one attached hydrogen (secondary N) is 1. The van der Waals surface area contributed by atoms with Crippen LogP contribution in [-0.2, 0) is 23.9 Å². The van der Waals surface area contributed by atoms with Gasteiger partial charge in [0.05, 0.1) is 7.11 Å². The van der Waals surface area contributed by atoms with Gasteiger partial charge >= 0.3 is 5.97 Å². The number of ether oxygens (including phenoxy) is 2. The molecule has 6 nitrogen and oxygen atoms in total. The number of methoxy groups -OCH3 is 1. The fraction of sp³-hybridized carbons (Fsp3) is 0.727. The molecule has 6 heteroatoms. The molecule has 0 saturated heterocycles. The first kappa shape index (κ1) is 17.8. The van der Waals surface area contributed by atoms with Crippen molar-refractivity contribution in [2.45, 2.75) is 45.8 Å². The SMILES string of the molecule is CC(C)(C)OC=O.CCC(NC=O)C(=O)OC. The van der Waals surface area contributed by atoms with E-state index in [9.17, 15) is 14.4 Å². The van der Waals surface area contributed by atoms with Crippen molar-refractivity contribution in [1.29, 1.82) is 0 Å². The fourth-order valence-corrected chi connectivity index (χ4v) is 0.721. The molecule has 1 amide bonds. The van der Waals surface area contributed by atoms with E-state index in [1.807, 2.05) is 20.8 Å². The van der Waals surface area contributed by atoms with E-state index in [1.165, 1.54) is 7.11 Å². The smallest absolute Gasteiger partial charge is 0.328 e. The van der Waals surface area contributed by atoms with Crippen molar-refractivity contribution in [1.82, 2.24) is 5.32 Å². The minimum absolute atomic E-state index is 0.318. The molecule has 0 aromatic carbocycles. The lowest BCUT2D eigenvalue weighted by atomic mass is 10.2. The first-order valence-corrected chi connectivity index (χ1v) is 5.21. The quantitative estimate of drug-likeness (QED) is 0.569. The predicted octanol–water partition coefficient (Wildman–Crippen LogP) is 0.642. The van der Waals surface area contributed by atoms with Gasteiger partial charge in [0.15, 0.2) is 0 Å². The summed E-state index contributed by atoms with van der Waals surface area (Å²) in [5.74, 6) is -0.408. The van der Waals surface area contributed by atoms with Crippen molar-refractivity contribution in [3.63, 3.8) is 0 Å². The van der Waals surface area contributed by atoms with Crippen LogP contribution in [0.15, 0.2) is 0 Å². The van der Waals surface area contributed by atoms with Crippen molar-refractivity contribution in [2.75, 3.05) is 7.11 Å². The van der Waals surface area contributed by atoms with E-state index in [1.54, 1.807) is 6.92 Å². The van der Waals surface area contributed by atoms with E-state index in [0.717, 1.165) is 0 Å². The number of amides is 1. The van der Waals surface area contributed by atoms with Crippen molar-refractivity contribution < 1.29 is 23.9 Å². The van der Waals surface area contributed by atoms with Crippen LogP contribution in [0, 0.1) is 0 Å². The molecule has 0 rings (SSSR count). The van der Waals surface area contributed by atoms with Gasteiger partial charge in [0, 0.05) is 0 Å². The van der Waals surface area contributed by atoms with Crippen molar-refractivity contribution >= 4 is 18.9 Å². The second kappa shape index (κ2) is 9.62. The lowest BCUT2D eigenvalue weighted by molar-refractivity contribution is -0.144. The fourth-order valence-electron chi connectivity index (χ4n) is 0.721. The molecule has 0 spiro atoms. The van der Waals surface area contributed by atoms with Crippen molar-refractivity contribution in [2.24, 2.45) is 0 Å².